The number of benzene rings is 1. The van der Waals surface area contributed by atoms with Gasteiger partial charge in [0.15, 0.2) is 11.6 Å². The first-order valence-corrected chi connectivity index (χ1v) is 9.07. The summed E-state index contributed by atoms with van der Waals surface area (Å²) in [5.41, 5.74) is -0.117. The van der Waals surface area contributed by atoms with Crippen molar-refractivity contribution in [2.75, 3.05) is 20.1 Å². The van der Waals surface area contributed by atoms with Crippen molar-refractivity contribution >= 4 is 12.1 Å². The third kappa shape index (κ3) is 4.45. The fraction of sp³-hybridized carbons (Fsp3) is 0.556. The monoisotopic (exact) mass is 384 g/mol. The van der Waals surface area contributed by atoms with Gasteiger partial charge in [0.2, 0.25) is 0 Å². The average molecular weight is 384 g/mol. The van der Waals surface area contributed by atoms with Crippen LogP contribution in [0, 0.1) is 17.5 Å². The van der Waals surface area contributed by atoms with E-state index >= 15 is 0 Å². The summed E-state index contributed by atoms with van der Waals surface area (Å²) in [6.07, 6.45) is 3.32. The number of carbonyl (C=O) groups excluding carboxylic acids is 2. The van der Waals surface area contributed by atoms with Gasteiger partial charge in [-0.3, -0.25) is 0 Å². The first kappa shape index (κ1) is 19.3. The second-order valence-corrected chi connectivity index (χ2v) is 6.95. The smallest absolute Gasteiger partial charge is 0.318 e. The minimum Gasteiger partial charge on any atom is -0.341 e. The molecule has 1 saturated heterocycles. The number of halogens is 3. The van der Waals surface area contributed by atoms with E-state index < -0.39 is 17.5 Å². The number of nitrogens with zero attached hydrogens (tertiary/aromatic N) is 2. The standard InChI is InChI=1S/C18H23F3N4O2/c1-22-17(26)24-6-2-3-13(10-24)25(12-4-5-12)18(27)23-9-11-7-15(20)16(21)8-14(11)19/h7-8,12-13H,2-6,9-10H2,1H3,(H,22,26)(H,23,27)/t13-/m1/s1. The minimum atomic E-state index is -1.27. The molecule has 1 aromatic carbocycles. The van der Waals surface area contributed by atoms with Crippen LogP contribution in [0.25, 0.3) is 0 Å². The molecule has 0 bridgehead atoms. The van der Waals surface area contributed by atoms with Crippen molar-refractivity contribution in [1.82, 2.24) is 20.4 Å². The molecule has 6 nitrogen and oxygen atoms in total. The summed E-state index contributed by atoms with van der Waals surface area (Å²) in [7, 11) is 1.56. The van der Waals surface area contributed by atoms with Gasteiger partial charge in [0, 0.05) is 44.4 Å². The second kappa shape index (κ2) is 8.06. The summed E-state index contributed by atoms with van der Waals surface area (Å²) in [6, 6.07) is 0.621. The van der Waals surface area contributed by atoms with E-state index in [-0.39, 0.29) is 36.3 Å². The van der Waals surface area contributed by atoms with E-state index in [2.05, 4.69) is 10.6 Å². The van der Waals surface area contributed by atoms with E-state index in [4.69, 9.17) is 0 Å². The van der Waals surface area contributed by atoms with Crippen LogP contribution in [0.1, 0.15) is 31.2 Å². The number of amides is 4. The lowest BCUT2D eigenvalue weighted by Crippen LogP contribution is -2.56. The van der Waals surface area contributed by atoms with Crippen molar-refractivity contribution < 1.29 is 22.8 Å². The van der Waals surface area contributed by atoms with Crippen molar-refractivity contribution in [3.63, 3.8) is 0 Å². The third-order valence-corrected chi connectivity index (χ3v) is 4.99. The van der Waals surface area contributed by atoms with Crippen molar-refractivity contribution in [3.8, 4) is 0 Å². The maximum Gasteiger partial charge on any atom is 0.318 e. The van der Waals surface area contributed by atoms with Crippen molar-refractivity contribution in [1.29, 1.82) is 0 Å². The highest BCUT2D eigenvalue weighted by Crippen LogP contribution is 2.31. The van der Waals surface area contributed by atoms with E-state index in [9.17, 15) is 22.8 Å². The molecule has 2 N–H and O–H groups in total. The summed E-state index contributed by atoms with van der Waals surface area (Å²) in [6.45, 7) is 0.830. The molecule has 9 heteroatoms. The number of nitrogens with one attached hydrogen (secondary N) is 2. The van der Waals surface area contributed by atoms with Crippen LogP contribution in [-0.4, -0.2) is 54.1 Å². The maximum atomic E-state index is 13.8. The fourth-order valence-corrected chi connectivity index (χ4v) is 3.47. The largest absolute Gasteiger partial charge is 0.341 e. The van der Waals surface area contributed by atoms with Gasteiger partial charge in [-0.15, -0.1) is 0 Å². The first-order chi connectivity index (χ1) is 12.9. The fourth-order valence-electron chi connectivity index (χ4n) is 3.47. The van der Waals surface area contributed by atoms with Gasteiger partial charge in [0.25, 0.3) is 0 Å². The molecule has 148 valence electrons. The van der Waals surface area contributed by atoms with Crippen LogP contribution in [0.15, 0.2) is 12.1 Å². The highest BCUT2D eigenvalue weighted by atomic mass is 19.2. The number of carbonyl (C=O) groups is 2. The van der Waals surface area contributed by atoms with Gasteiger partial charge in [-0.1, -0.05) is 0 Å². The van der Waals surface area contributed by atoms with Crippen LogP contribution in [0.2, 0.25) is 0 Å². The topological polar surface area (TPSA) is 64.7 Å². The molecule has 1 atom stereocenters. The molecule has 27 heavy (non-hydrogen) atoms. The minimum absolute atomic E-state index is 0.0921. The Morgan fingerprint density at radius 1 is 1.11 bits per heavy atom. The Balaban J connectivity index is 1.66. The number of urea groups is 2. The van der Waals surface area contributed by atoms with E-state index in [1.165, 1.54) is 0 Å². The molecule has 0 aromatic heterocycles. The lowest BCUT2D eigenvalue weighted by Gasteiger charge is -2.39. The number of piperidine rings is 1. The quantitative estimate of drug-likeness (QED) is 0.784. The van der Waals surface area contributed by atoms with Crippen LogP contribution in [0.3, 0.4) is 0 Å². The summed E-state index contributed by atoms with van der Waals surface area (Å²) in [5.74, 6) is -3.33. The highest BCUT2D eigenvalue weighted by Gasteiger charge is 2.39. The normalized spacial score (nSPS) is 19.6. The van der Waals surface area contributed by atoms with E-state index in [0.29, 0.717) is 19.2 Å². The van der Waals surface area contributed by atoms with Crippen LogP contribution < -0.4 is 10.6 Å². The molecule has 2 fully saturated rings. The van der Waals surface area contributed by atoms with Gasteiger partial charge in [0.1, 0.15) is 5.82 Å². The van der Waals surface area contributed by atoms with Gasteiger partial charge in [-0.05, 0) is 31.7 Å². The predicted octanol–water partition coefficient (Wildman–Crippen LogP) is 2.58. The number of hydrogen-bond donors (Lipinski definition) is 2. The summed E-state index contributed by atoms with van der Waals surface area (Å²) in [5, 5.41) is 5.19. The van der Waals surface area contributed by atoms with Crippen LogP contribution in [0.5, 0.6) is 0 Å². The molecule has 1 aliphatic carbocycles. The van der Waals surface area contributed by atoms with Crippen LogP contribution in [0.4, 0.5) is 22.8 Å². The zero-order valence-corrected chi connectivity index (χ0v) is 15.1. The molecule has 3 rings (SSSR count). The van der Waals surface area contributed by atoms with Gasteiger partial charge in [-0.2, -0.15) is 0 Å². The molecule has 1 aliphatic heterocycles. The Morgan fingerprint density at radius 3 is 2.48 bits per heavy atom. The summed E-state index contributed by atoms with van der Waals surface area (Å²) < 4.78 is 40.1. The molecule has 0 spiro atoms. The van der Waals surface area contributed by atoms with E-state index in [0.717, 1.165) is 31.7 Å². The number of hydrogen-bond acceptors (Lipinski definition) is 2. The Bertz CT molecular complexity index is 727. The number of likely N-dealkylation sites (tertiary alicyclic amines) is 1. The van der Waals surface area contributed by atoms with Crippen LogP contribution in [-0.2, 0) is 6.54 Å². The van der Waals surface area contributed by atoms with Gasteiger partial charge >= 0.3 is 12.1 Å². The van der Waals surface area contributed by atoms with Gasteiger partial charge < -0.3 is 20.4 Å². The summed E-state index contributed by atoms with van der Waals surface area (Å²) in [4.78, 5) is 28.0. The predicted molar refractivity (Wildman–Crippen MR) is 92.5 cm³/mol. The molecule has 0 radical (unpaired) electrons. The zero-order valence-electron chi connectivity index (χ0n) is 15.1. The van der Waals surface area contributed by atoms with Crippen molar-refractivity contribution in [2.24, 2.45) is 0 Å². The molecule has 2 aliphatic rings. The zero-order chi connectivity index (χ0) is 19.6. The van der Waals surface area contributed by atoms with E-state index in [1.807, 2.05) is 0 Å². The SMILES string of the molecule is CNC(=O)N1CCC[C@@H](N(C(=O)NCc2cc(F)c(F)cc2F)C2CC2)C1. The molecular weight excluding hydrogens is 361 g/mol. The first-order valence-electron chi connectivity index (χ1n) is 9.07. The Labute approximate surface area is 155 Å². The molecule has 1 heterocycles. The number of rotatable bonds is 4. The lowest BCUT2D eigenvalue weighted by molar-refractivity contribution is 0.116. The van der Waals surface area contributed by atoms with Gasteiger partial charge in [-0.25, -0.2) is 22.8 Å². The summed E-state index contributed by atoms with van der Waals surface area (Å²) >= 11 is 0. The van der Waals surface area contributed by atoms with Crippen molar-refractivity contribution in [2.45, 2.75) is 44.3 Å². The lowest BCUT2D eigenvalue weighted by atomic mass is 10.0. The molecule has 1 aromatic rings. The highest BCUT2D eigenvalue weighted by molar-refractivity contribution is 5.76. The van der Waals surface area contributed by atoms with Crippen LogP contribution >= 0.6 is 0 Å². The molecule has 1 saturated carbocycles. The Morgan fingerprint density at radius 2 is 1.81 bits per heavy atom. The Hall–Kier alpha value is -2.45. The van der Waals surface area contributed by atoms with Crippen molar-refractivity contribution in [3.05, 3.63) is 35.1 Å². The third-order valence-electron chi connectivity index (χ3n) is 4.99. The van der Waals surface area contributed by atoms with E-state index in [1.54, 1.807) is 16.8 Å². The average Bonchev–Trinajstić information content (AvgIpc) is 3.48. The Kier molecular flexibility index (Phi) is 5.76. The molecule has 0 unspecified atom stereocenters. The van der Waals surface area contributed by atoms with Gasteiger partial charge in [0.05, 0.1) is 6.04 Å². The maximum absolute atomic E-state index is 13.8. The molecule has 4 amide bonds. The molecular formula is C18H23F3N4O2. The second-order valence-electron chi connectivity index (χ2n) is 6.95.